The van der Waals surface area contributed by atoms with Gasteiger partial charge < -0.3 is 9.47 Å². The van der Waals surface area contributed by atoms with Crippen molar-refractivity contribution in [2.45, 2.75) is 32.9 Å². The van der Waals surface area contributed by atoms with Crippen LogP contribution in [-0.2, 0) is 13.2 Å². The van der Waals surface area contributed by atoms with Gasteiger partial charge >= 0.3 is 0 Å². The second kappa shape index (κ2) is 8.93. The summed E-state index contributed by atoms with van der Waals surface area (Å²) in [5.74, 6) is 0.770. The van der Waals surface area contributed by atoms with Crippen LogP contribution in [0.4, 0.5) is 0 Å². The van der Waals surface area contributed by atoms with Gasteiger partial charge in [-0.3, -0.25) is 14.5 Å². The number of hydrogen-bond donors (Lipinski definition) is 0. The SMILES string of the molecule is CCCCn1nccc1-c1ncccc1COc1cnc(OC)cc1C=O. The van der Waals surface area contributed by atoms with Gasteiger partial charge in [-0.1, -0.05) is 19.4 Å². The predicted octanol–water partition coefficient (Wildman–Crippen LogP) is 3.54. The minimum absolute atomic E-state index is 0.261. The van der Waals surface area contributed by atoms with E-state index in [1.54, 1.807) is 18.5 Å². The molecule has 3 aromatic rings. The van der Waals surface area contributed by atoms with E-state index >= 15 is 0 Å². The summed E-state index contributed by atoms with van der Waals surface area (Å²) in [4.78, 5) is 19.9. The molecular weight excluding hydrogens is 344 g/mol. The van der Waals surface area contributed by atoms with E-state index in [-0.39, 0.29) is 6.61 Å². The van der Waals surface area contributed by atoms with Crippen LogP contribution in [0.5, 0.6) is 11.6 Å². The van der Waals surface area contributed by atoms with Crippen molar-refractivity contribution in [3.05, 3.63) is 54.0 Å². The van der Waals surface area contributed by atoms with Crippen molar-refractivity contribution in [1.29, 1.82) is 0 Å². The van der Waals surface area contributed by atoms with Gasteiger partial charge in [0.2, 0.25) is 5.88 Å². The molecule has 0 atom stereocenters. The summed E-state index contributed by atoms with van der Waals surface area (Å²) >= 11 is 0. The Labute approximate surface area is 158 Å². The first-order valence-electron chi connectivity index (χ1n) is 8.85. The number of aryl methyl sites for hydroxylation is 1. The lowest BCUT2D eigenvalue weighted by Crippen LogP contribution is -2.06. The molecule has 140 valence electrons. The monoisotopic (exact) mass is 366 g/mol. The van der Waals surface area contributed by atoms with Crippen LogP contribution in [0.25, 0.3) is 11.4 Å². The molecule has 0 bridgehead atoms. The number of pyridine rings is 2. The number of aldehydes is 1. The molecule has 0 aromatic carbocycles. The molecular formula is C20H22N4O3. The minimum atomic E-state index is 0.261. The van der Waals surface area contributed by atoms with Crippen molar-refractivity contribution < 1.29 is 14.3 Å². The van der Waals surface area contributed by atoms with Crippen LogP contribution in [0.3, 0.4) is 0 Å². The van der Waals surface area contributed by atoms with E-state index in [4.69, 9.17) is 9.47 Å². The molecule has 7 nitrogen and oxygen atoms in total. The lowest BCUT2D eigenvalue weighted by atomic mass is 10.1. The maximum Gasteiger partial charge on any atom is 0.213 e. The van der Waals surface area contributed by atoms with E-state index in [2.05, 4.69) is 22.0 Å². The fourth-order valence-electron chi connectivity index (χ4n) is 2.72. The maximum atomic E-state index is 11.3. The van der Waals surface area contributed by atoms with Crippen LogP contribution >= 0.6 is 0 Å². The Morgan fingerprint density at radius 1 is 1.22 bits per heavy atom. The highest BCUT2D eigenvalue weighted by Gasteiger charge is 2.13. The van der Waals surface area contributed by atoms with E-state index in [1.165, 1.54) is 13.3 Å². The zero-order chi connectivity index (χ0) is 19.1. The van der Waals surface area contributed by atoms with Crippen molar-refractivity contribution >= 4 is 6.29 Å². The van der Waals surface area contributed by atoms with Crippen molar-refractivity contribution in [2.75, 3.05) is 7.11 Å². The van der Waals surface area contributed by atoms with Crippen molar-refractivity contribution in [1.82, 2.24) is 19.7 Å². The number of unbranched alkanes of at least 4 members (excludes halogenated alkanes) is 1. The van der Waals surface area contributed by atoms with Gasteiger partial charge in [0.1, 0.15) is 12.4 Å². The molecule has 7 heteroatoms. The van der Waals surface area contributed by atoms with E-state index in [0.29, 0.717) is 17.2 Å². The van der Waals surface area contributed by atoms with Crippen LogP contribution in [0.15, 0.2) is 42.9 Å². The smallest absolute Gasteiger partial charge is 0.213 e. The minimum Gasteiger partial charge on any atom is -0.486 e. The van der Waals surface area contributed by atoms with Gasteiger partial charge in [0, 0.05) is 30.6 Å². The third-order valence-electron chi connectivity index (χ3n) is 4.17. The normalized spacial score (nSPS) is 10.6. The molecule has 0 aliphatic carbocycles. The van der Waals surface area contributed by atoms with Gasteiger partial charge in [-0.05, 0) is 18.6 Å². The maximum absolute atomic E-state index is 11.3. The highest BCUT2D eigenvalue weighted by Crippen LogP contribution is 2.25. The van der Waals surface area contributed by atoms with Gasteiger partial charge in [-0.15, -0.1) is 0 Å². The third-order valence-corrected chi connectivity index (χ3v) is 4.17. The molecule has 0 aliphatic rings. The van der Waals surface area contributed by atoms with Gasteiger partial charge in [0.15, 0.2) is 6.29 Å². The summed E-state index contributed by atoms with van der Waals surface area (Å²) in [6.45, 7) is 3.25. The molecule has 0 amide bonds. The number of rotatable bonds is 9. The summed E-state index contributed by atoms with van der Waals surface area (Å²) in [7, 11) is 1.50. The number of carbonyl (C=O) groups excluding carboxylic acids is 1. The summed E-state index contributed by atoms with van der Waals surface area (Å²) in [5.41, 5.74) is 3.06. The molecule has 0 aliphatic heterocycles. The fourth-order valence-corrected chi connectivity index (χ4v) is 2.72. The quantitative estimate of drug-likeness (QED) is 0.539. The number of nitrogens with zero attached hydrogens (tertiary/aromatic N) is 4. The number of carbonyl (C=O) groups is 1. The van der Waals surface area contributed by atoms with Crippen molar-refractivity contribution in [3.63, 3.8) is 0 Å². The van der Waals surface area contributed by atoms with Crippen LogP contribution in [-0.4, -0.2) is 33.1 Å². The van der Waals surface area contributed by atoms with Gasteiger partial charge in [0.25, 0.3) is 0 Å². The predicted molar refractivity (Wildman–Crippen MR) is 101 cm³/mol. The average molecular weight is 366 g/mol. The lowest BCUT2D eigenvalue weighted by Gasteiger charge is -2.13. The summed E-state index contributed by atoms with van der Waals surface area (Å²) < 4.78 is 12.9. The zero-order valence-electron chi connectivity index (χ0n) is 15.5. The van der Waals surface area contributed by atoms with E-state index < -0.39 is 0 Å². The molecule has 0 saturated carbocycles. The first kappa shape index (κ1) is 18.6. The summed E-state index contributed by atoms with van der Waals surface area (Å²) in [6.07, 6.45) is 7.89. The first-order valence-corrected chi connectivity index (χ1v) is 8.85. The molecule has 0 spiro atoms. The lowest BCUT2D eigenvalue weighted by molar-refractivity contribution is 0.111. The molecule has 0 radical (unpaired) electrons. The Bertz CT molecular complexity index is 908. The average Bonchev–Trinajstić information content (AvgIpc) is 3.19. The second-order valence-corrected chi connectivity index (χ2v) is 5.98. The van der Waals surface area contributed by atoms with Crippen LogP contribution in [0.2, 0.25) is 0 Å². The van der Waals surface area contributed by atoms with E-state index in [0.717, 1.165) is 42.6 Å². The molecule has 3 heterocycles. The van der Waals surface area contributed by atoms with Crippen LogP contribution < -0.4 is 9.47 Å². The molecule has 0 saturated heterocycles. The molecule has 0 fully saturated rings. The van der Waals surface area contributed by atoms with Crippen molar-refractivity contribution in [3.8, 4) is 23.0 Å². The Kier molecular flexibility index (Phi) is 6.14. The summed E-state index contributed by atoms with van der Waals surface area (Å²) in [6, 6.07) is 7.32. The number of hydrogen-bond acceptors (Lipinski definition) is 6. The fraction of sp³-hybridized carbons (Fsp3) is 0.300. The Morgan fingerprint density at radius 2 is 2.11 bits per heavy atom. The third kappa shape index (κ3) is 4.31. The highest BCUT2D eigenvalue weighted by molar-refractivity contribution is 5.79. The van der Waals surface area contributed by atoms with Crippen LogP contribution in [0, 0.1) is 0 Å². The van der Waals surface area contributed by atoms with Gasteiger partial charge in [-0.25, -0.2) is 4.98 Å². The molecule has 0 unspecified atom stereocenters. The zero-order valence-corrected chi connectivity index (χ0v) is 15.5. The second-order valence-electron chi connectivity index (χ2n) is 5.98. The highest BCUT2D eigenvalue weighted by atomic mass is 16.5. The summed E-state index contributed by atoms with van der Waals surface area (Å²) in [5, 5.41) is 4.40. The topological polar surface area (TPSA) is 79.1 Å². The molecule has 3 rings (SSSR count). The number of ether oxygens (including phenoxy) is 2. The number of aromatic nitrogens is 4. The molecule has 0 N–H and O–H groups in total. The number of methoxy groups -OCH3 is 1. The Hall–Kier alpha value is -3.22. The Morgan fingerprint density at radius 3 is 2.89 bits per heavy atom. The largest absolute Gasteiger partial charge is 0.486 e. The van der Waals surface area contributed by atoms with Crippen LogP contribution in [0.1, 0.15) is 35.7 Å². The first-order chi connectivity index (χ1) is 13.3. The van der Waals surface area contributed by atoms with Gasteiger partial charge in [0.05, 0.1) is 30.3 Å². The standard InChI is InChI=1S/C20H22N4O3/c1-3-4-10-24-17(7-9-23-24)20-15(6-5-8-21-20)14-27-18-12-22-19(26-2)11-16(18)13-25/h5-9,11-13H,3-4,10,14H2,1-2H3. The van der Waals surface area contributed by atoms with Crippen molar-refractivity contribution in [2.24, 2.45) is 0 Å². The van der Waals surface area contributed by atoms with E-state index in [9.17, 15) is 4.79 Å². The van der Waals surface area contributed by atoms with E-state index in [1.807, 2.05) is 22.9 Å². The Balaban J connectivity index is 1.84. The molecule has 3 aromatic heterocycles. The van der Waals surface area contributed by atoms with Gasteiger partial charge in [-0.2, -0.15) is 5.10 Å². The molecule has 27 heavy (non-hydrogen) atoms.